The molecule has 3 rings (SSSR count). The summed E-state index contributed by atoms with van der Waals surface area (Å²) in [4.78, 5) is 37.7. The van der Waals surface area contributed by atoms with Gasteiger partial charge in [-0.25, -0.2) is 4.39 Å². The fraction of sp³-hybridized carbons (Fsp3) is 0.250. The molecule has 1 aliphatic rings. The Hall–Kier alpha value is -3.26. The van der Waals surface area contributed by atoms with Crippen LogP contribution in [0.1, 0.15) is 22.3 Å². The first-order valence-corrected chi connectivity index (χ1v) is 8.79. The molecular formula is C20H20FN3O4. The van der Waals surface area contributed by atoms with E-state index in [9.17, 15) is 23.9 Å². The summed E-state index contributed by atoms with van der Waals surface area (Å²) in [6, 6.07) is 12.3. The second kappa shape index (κ2) is 7.77. The van der Waals surface area contributed by atoms with Crippen LogP contribution in [0, 0.1) is 5.82 Å². The van der Waals surface area contributed by atoms with Gasteiger partial charge in [0.1, 0.15) is 5.82 Å². The number of primary amides is 1. The number of hydrogen-bond donors (Lipinski definition) is 3. The first kappa shape index (κ1) is 19.5. The fourth-order valence-corrected chi connectivity index (χ4v) is 3.15. The Balaban J connectivity index is 1.66. The zero-order valence-electron chi connectivity index (χ0n) is 15.0. The molecule has 0 bridgehead atoms. The molecule has 1 unspecified atom stereocenters. The van der Waals surface area contributed by atoms with Crippen molar-refractivity contribution in [2.75, 3.05) is 18.0 Å². The van der Waals surface area contributed by atoms with Gasteiger partial charge < -0.3 is 21.1 Å². The highest BCUT2D eigenvalue weighted by molar-refractivity contribution is 6.16. The maximum absolute atomic E-state index is 13.6. The van der Waals surface area contributed by atoms with Crippen LogP contribution in [0.15, 0.2) is 48.5 Å². The van der Waals surface area contributed by atoms with Gasteiger partial charge in [-0.1, -0.05) is 24.3 Å². The van der Waals surface area contributed by atoms with Crippen molar-refractivity contribution in [1.82, 2.24) is 5.32 Å². The van der Waals surface area contributed by atoms with Crippen LogP contribution in [-0.2, 0) is 16.0 Å². The highest BCUT2D eigenvalue weighted by Crippen LogP contribution is 2.29. The Bertz CT molecular complexity index is 933. The van der Waals surface area contributed by atoms with Crippen molar-refractivity contribution in [2.24, 2.45) is 5.73 Å². The van der Waals surface area contributed by atoms with E-state index in [1.54, 1.807) is 30.3 Å². The van der Waals surface area contributed by atoms with Crippen LogP contribution in [0.2, 0.25) is 0 Å². The van der Waals surface area contributed by atoms with Gasteiger partial charge in [0.2, 0.25) is 11.5 Å². The quantitative estimate of drug-likeness (QED) is 0.637. The fourth-order valence-electron chi connectivity index (χ4n) is 3.15. The lowest BCUT2D eigenvalue weighted by Gasteiger charge is -2.22. The summed E-state index contributed by atoms with van der Waals surface area (Å²) in [6.07, 6.45) is 0.130. The molecule has 1 saturated heterocycles. The van der Waals surface area contributed by atoms with E-state index in [-0.39, 0.29) is 37.3 Å². The lowest BCUT2D eigenvalue weighted by atomic mass is 10.0. The van der Waals surface area contributed by atoms with Crippen molar-refractivity contribution < 1.29 is 23.9 Å². The lowest BCUT2D eigenvalue weighted by Crippen LogP contribution is -2.52. The van der Waals surface area contributed by atoms with E-state index >= 15 is 0 Å². The molecule has 1 aliphatic heterocycles. The summed E-state index contributed by atoms with van der Waals surface area (Å²) in [6.45, 7) is 0.185. The minimum Gasteiger partial charge on any atom is -0.372 e. The average molecular weight is 385 g/mol. The predicted octanol–water partition coefficient (Wildman–Crippen LogP) is 0.751. The number of carbonyl (C=O) groups is 3. The maximum Gasteiger partial charge on any atom is 0.268 e. The third-order valence-electron chi connectivity index (χ3n) is 4.75. The zero-order valence-corrected chi connectivity index (χ0v) is 15.0. The van der Waals surface area contributed by atoms with E-state index in [2.05, 4.69) is 5.32 Å². The molecule has 28 heavy (non-hydrogen) atoms. The Kier molecular flexibility index (Phi) is 5.41. The van der Waals surface area contributed by atoms with E-state index in [1.807, 2.05) is 0 Å². The number of halogens is 1. The summed E-state index contributed by atoms with van der Waals surface area (Å²) >= 11 is 0. The number of nitrogens with two attached hydrogens (primary N) is 1. The number of nitrogens with zero attached hydrogens (tertiary/aromatic N) is 1. The van der Waals surface area contributed by atoms with Gasteiger partial charge in [-0.05, 0) is 36.2 Å². The standard InChI is InChI=1S/C20H20FN3O4/c21-16-7-2-1-4-13(16)8-10-23-18(26)20(28)9-11-24(19(20)27)15-6-3-5-14(12-15)17(22)25/h1-7,12,28H,8-11H2,(H2,22,25)(H,23,26). The highest BCUT2D eigenvalue weighted by atomic mass is 19.1. The molecule has 0 aliphatic carbocycles. The van der Waals surface area contributed by atoms with Crippen molar-refractivity contribution in [2.45, 2.75) is 18.4 Å². The van der Waals surface area contributed by atoms with Crippen LogP contribution < -0.4 is 16.0 Å². The van der Waals surface area contributed by atoms with Gasteiger partial charge >= 0.3 is 0 Å². The topological polar surface area (TPSA) is 113 Å². The average Bonchev–Trinajstić information content (AvgIpc) is 2.99. The van der Waals surface area contributed by atoms with Gasteiger partial charge in [0.05, 0.1) is 0 Å². The van der Waals surface area contributed by atoms with Crippen molar-refractivity contribution in [3.05, 3.63) is 65.5 Å². The predicted molar refractivity (Wildman–Crippen MR) is 100.0 cm³/mol. The number of benzene rings is 2. The molecule has 2 aromatic rings. The van der Waals surface area contributed by atoms with Crippen LogP contribution >= 0.6 is 0 Å². The largest absolute Gasteiger partial charge is 0.372 e. The Morgan fingerprint density at radius 2 is 1.96 bits per heavy atom. The van der Waals surface area contributed by atoms with Crippen LogP contribution in [0.25, 0.3) is 0 Å². The number of hydrogen-bond acceptors (Lipinski definition) is 4. The van der Waals surface area contributed by atoms with Crippen LogP contribution in [-0.4, -0.2) is 41.5 Å². The Morgan fingerprint density at radius 3 is 2.68 bits per heavy atom. The molecule has 146 valence electrons. The van der Waals surface area contributed by atoms with Gasteiger partial charge in [0, 0.05) is 30.8 Å². The number of rotatable bonds is 6. The van der Waals surface area contributed by atoms with E-state index in [4.69, 9.17) is 5.73 Å². The van der Waals surface area contributed by atoms with E-state index < -0.39 is 23.3 Å². The van der Waals surface area contributed by atoms with Crippen LogP contribution in [0.3, 0.4) is 0 Å². The number of nitrogens with one attached hydrogen (secondary N) is 1. The second-order valence-corrected chi connectivity index (χ2v) is 6.58. The monoisotopic (exact) mass is 385 g/mol. The first-order chi connectivity index (χ1) is 13.3. The number of anilines is 1. The summed E-state index contributed by atoms with van der Waals surface area (Å²) < 4.78 is 13.6. The van der Waals surface area contributed by atoms with Crippen molar-refractivity contribution in [3.63, 3.8) is 0 Å². The van der Waals surface area contributed by atoms with Crippen molar-refractivity contribution in [3.8, 4) is 0 Å². The van der Waals surface area contributed by atoms with Gasteiger partial charge in [-0.2, -0.15) is 0 Å². The number of amides is 3. The molecule has 0 radical (unpaired) electrons. The van der Waals surface area contributed by atoms with Gasteiger partial charge in [-0.3, -0.25) is 14.4 Å². The van der Waals surface area contributed by atoms with Gasteiger partial charge in [0.15, 0.2) is 0 Å². The number of carbonyl (C=O) groups excluding carboxylic acids is 3. The second-order valence-electron chi connectivity index (χ2n) is 6.58. The molecule has 8 heteroatoms. The number of aliphatic hydroxyl groups is 1. The van der Waals surface area contributed by atoms with Crippen LogP contribution in [0.4, 0.5) is 10.1 Å². The van der Waals surface area contributed by atoms with Gasteiger partial charge in [0.25, 0.3) is 11.8 Å². The summed E-state index contributed by atoms with van der Waals surface area (Å²) in [5.41, 5.74) is 4.06. The van der Waals surface area contributed by atoms with Crippen molar-refractivity contribution >= 4 is 23.4 Å². The molecule has 7 nitrogen and oxygen atoms in total. The molecule has 2 aromatic carbocycles. The molecule has 1 atom stereocenters. The lowest BCUT2D eigenvalue weighted by molar-refractivity contribution is -0.149. The maximum atomic E-state index is 13.6. The summed E-state index contributed by atoms with van der Waals surface area (Å²) in [5, 5.41) is 13.1. The van der Waals surface area contributed by atoms with Gasteiger partial charge in [-0.15, -0.1) is 0 Å². The van der Waals surface area contributed by atoms with E-state index in [0.717, 1.165) is 0 Å². The molecule has 3 amide bonds. The third kappa shape index (κ3) is 3.72. The minimum atomic E-state index is -2.21. The summed E-state index contributed by atoms with van der Waals surface area (Å²) in [5.74, 6) is -2.64. The molecule has 0 spiro atoms. The molecule has 1 fully saturated rings. The summed E-state index contributed by atoms with van der Waals surface area (Å²) in [7, 11) is 0. The molecule has 0 saturated carbocycles. The third-order valence-corrected chi connectivity index (χ3v) is 4.75. The SMILES string of the molecule is NC(=O)c1cccc(N2CCC(O)(C(=O)NCCc3ccccc3F)C2=O)c1. The molecule has 0 aromatic heterocycles. The molecular weight excluding hydrogens is 365 g/mol. The molecule has 4 N–H and O–H groups in total. The normalized spacial score (nSPS) is 18.9. The Morgan fingerprint density at radius 1 is 1.21 bits per heavy atom. The minimum absolute atomic E-state index is 0.0759. The van der Waals surface area contributed by atoms with E-state index in [1.165, 1.54) is 23.1 Å². The Labute approximate surface area is 160 Å². The smallest absolute Gasteiger partial charge is 0.268 e. The van der Waals surface area contributed by atoms with Crippen molar-refractivity contribution in [1.29, 1.82) is 0 Å². The zero-order chi connectivity index (χ0) is 20.3. The van der Waals surface area contributed by atoms with Crippen LogP contribution in [0.5, 0.6) is 0 Å². The molecule has 1 heterocycles. The highest BCUT2D eigenvalue weighted by Gasteiger charge is 2.51. The van der Waals surface area contributed by atoms with E-state index in [0.29, 0.717) is 11.3 Å². The first-order valence-electron chi connectivity index (χ1n) is 8.79.